The van der Waals surface area contributed by atoms with Gasteiger partial charge in [-0.2, -0.15) is 4.57 Å². The van der Waals surface area contributed by atoms with E-state index in [-0.39, 0.29) is 25.2 Å². The topological polar surface area (TPSA) is 69.0 Å². The maximum absolute atomic E-state index is 12.4. The number of nitrogens with zero attached hydrogens (tertiary/aromatic N) is 2. The number of imide groups is 1. The molecule has 1 aliphatic heterocycles. The second kappa shape index (κ2) is 21.3. The lowest BCUT2D eigenvalue weighted by atomic mass is 10.0. The summed E-state index contributed by atoms with van der Waals surface area (Å²) in [6.45, 7) is 6.81. The van der Waals surface area contributed by atoms with E-state index < -0.39 is 6.09 Å². The van der Waals surface area contributed by atoms with E-state index in [1.807, 2.05) is 21.7 Å². The maximum Gasteiger partial charge on any atom is 0.416 e. The Hall–Kier alpha value is -1.51. The third-order valence-corrected chi connectivity index (χ3v) is 7.93. The van der Waals surface area contributed by atoms with Crippen molar-refractivity contribution in [1.29, 1.82) is 0 Å². The third kappa shape index (κ3) is 15.2. The van der Waals surface area contributed by atoms with Crippen LogP contribution in [0.1, 0.15) is 110 Å². The predicted molar refractivity (Wildman–Crippen MR) is 152 cm³/mol. The summed E-state index contributed by atoms with van der Waals surface area (Å²) in [7, 11) is 0. The van der Waals surface area contributed by atoms with E-state index >= 15 is 0 Å². The number of ether oxygens (including phenoxy) is 3. The van der Waals surface area contributed by atoms with Gasteiger partial charge in [-0.1, -0.05) is 102 Å². The molecule has 1 aromatic heterocycles. The molecule has 0 aliphatic carbocycles. The lowest BCUT2D eigenvalue weighted by Crippen LogP contribution is -2.44. The Morgan fingerprint density at radius 3 is 2.16 bits per heavy atom. The van der Waals surface area contributed by atoms with Gasteiger partial charge < -0.3 is 14.2 Å². The fourth-order valence-electron chi connectivity index (χ4n) is 4.88. The van der Waals surface area contributed by atoms with E-state index in [1.54, 1.807) is 11.3 Å². The highest BCUT2D eigenvalue weighted by Crippen LogP contribution is 2.21. The van der Waals surface area contributed by atoms with Crippen LogP contribution in [0.3, 0.4) is 0 Å². The number of thiazole rings is 1. The average Bonchev–Trinajstić information content (AvgIpc) is 3.59. The van der Waals surface area contributed by atoms with Crippen molar-refractivity contribution in [1.82, 2.24) is 4.90 Å². The van der Waals surface area contributed by atoms with Crippen LogP contribution in [-0.4, -0.2) is 56.0 Å². The molecule has 1 aromatic rings. The molecule has 0 bridgehead atoms. The summed E-state index contributed by atoms with van der Waals surface area (Å²) < 4.78 is 19.0. The molecule has 0 unspecified atom stereocenters. The van der Waals surface area contributed by atoms with Gasteiger partial charge in [0.1, 0.15) is 6.61 Å². The van der Waals surface area contributed by atoms with Crippen LogP contribution in [0.2, 0.25) is 0 Å². The number of unbranched alkanes of at least 4 members (excludes halogenated alkanes) is 13. The minimum absolute atomic E-state index is 0.131. The standard InChI is InChI=1S/C30H53N2O5S/c1-3-4-5-6-7-8-9-10-11-12-13-14-15-16-20-35-23-28-22-29(36-24-28)25-37-30(34)32(27(2)33)18-17-31-19-21-38-26-31/h19,21,26,28-29H,3-18,20,22-25H2,1-2H3/q+1/t28-,29-/m0/s1. The highest BCUT2D eigenvalue weighted by molar-refractivity contribution is 7.07. The number of carbonyl (C=O) groups is 2. The molecule has 8 heteroatoms. The van der Waals surface area contributed by atoms with E-state index in [4.69, 9.17) is 14.2 Å². The minimum atomic E-state index is -0.602. The van der Waals surface area contributed by atoms with E-state index in [0.717, 1.165) is 24.3 Å². The first-order valence-electron chi connectivity index (χ1n) is 15.2. The van der Waals surface area contributed by atoms with Gasteiger partial charge in [-0.05, 0) is 12.8 Å². The molecule has 2 atom stereocenters. The summed E-state index contributed by atoms with van der Waals surface area (Å²) >= 11 is 1.57. The van der Waals surface area contributed by atoms with Crippen molar-refractivity contribution in [3.05, 3.63) is 17.1 Å². The highest BCUT2D eigenvalue weighted by Gasteiger charge is 2.28. The van der Waals surface area contributed by atoms with Crippen LogP contribution in [0.15, 0.2) is 17.1 Å². The van der Waals surface area contributed by atoms with E-state index in [1.165, 1.54) is 90.4 Å². The van der Waals surface area contributed by atoms with E-state index in [2.05, 4.69) is 6.92 Å². The van der Waals surface area contributed by atoms with Crippen molar-refractivity contribution in [2.75, 3.05) is 33.0 Å². The zero-order valence-corrected chi connectivity index (χ0v) is 24.9. The van der Waals surface area contributed by atoms with Gasteiger partial charge in [0.2, 0.25) is 11.4 Å². The molecular weight excluding hydrogens is 500 g/mol. The lowest BCUT2D eigenvalue weighted by molar-refractivity contribution is -0.691. The molecule has 1 fully saturated rings. The van der Waals surface area contributed by atoms with Crippen LogP contribution < -0.4 is 4.57 Å². The normalized spacial score (nSPS) is 17.1. The molecule has 0 saturated carbocycles. The van der Waals surface area contributed by atoms with Crippen molar-refractivity contribution >= 4 is 23.3 Å². The first kappa shape index (κ1) is 32.7. The van der Waals surface area contributed by atoms with Crippen molar-refractivity contribution < 1.29 is 28.4 Å². The van der Waals surface area contributed by atoms with Crippen molar-refractivity contribution in [2.24, 2.45) is 5.92 Å². The molecule has 1 saturated heterocycles. The van der Waals surface area contributed by atoms with Crippen LogP contribution in [0.25, 0.3) is 0 Å². The highest BCUT2D eigenvalue weighted by atomic mass is 32.1. The van der Waals surface area contributed by atoms with Crippen molar-refractivity contribution in [3.63, 3.8) is 0 Å². The Balaban J connectivity index is 1.39. The minimum Gasteiger partial charge on any atom is -0.446 e. The fourth-order valence-corrected chi connectivity index (χ4v) is 5.51. The van der Waals surface area contributed by atoms with Crippen LogP contribution in [0.4, 0.5) is 4.79 Å². The molecule has 38 heavy (non-hydrogen) atoms. The summed E-state index contributed by atoms with van der Waals surface area (Å²) in [4.78, 5) is 25.5. The van der Waals surface area contributed by atoms with Gasteiger partial charge in [0.25, 0.3) is 0 Å². The van der Waals surface area contributed by atoms with Crippen LogP contribution in [0.5, 0.6) is 0 Å². The second-order valence-electron chi connectivity index (χ2n) is 10.7. The molecule has 2 rings (SSSR count). The quantitative estimate of drug-likeness (QED) is 0.115. The molecular formula is C30H53N2O5S+. The Bertz CT molecular complexity index is 730. The maximum atomic E-state index is 12.4. The Kier molecular flexibility index (Phi) is 18.4. The first-order chi connectivity index (χ1) is 18.6. The van der Waals surface area contributed by atoms with Gasteiger partial charge in [-0.25, -0.2) is 9.69 Å². The van der Waals surface area contributed by atoms with Crippen LogP contribution in [-0.2, 0) is 25.5 Å². The van der Waals surface area contributed by atoms with Gasteiger partial charge >= 0.3 is 6.09 Å². The first-order valence-corrected chi connectivity index (χ1v) is 16.1. The molecule has 0 radical (unpaired) electrons. The number of amides is 2. The number of rotatable bonds is 22. The zero-order valence-electron chi connectivity index (χ0n) is 24.1. The monoisotopic (exact) mass is 553 g/mol. The molecule has 2 amide bonds. The zero-order chi connectivity index (χ0) is 27.3. The summed E-state index contributed by atoms with van der Waals surface area (Å²) in [6, 6.07) is 0. The smallest absolute Gasteiger partial charge is 0.416 e. The van der Waals surface area contributed by atoms with E-state index in [9.17, 15) is 9.59 Å². The molecule has 2 heterocycles. The van der Waals surface area contributed by atoms with Crippen molar-refractivity contribution in [3.8, 4) is 0 Å². The molecule has 0 spiro atoms. The lowest BCUT2D eigenvalue weighted by Gasteiger charge is -2.18. The molecule has 1 aliphatic rings. The Morgan fingerprint density at radius 1 is 0.947 bits per heavy atom. The van der Waals surface area contributed by atoms with E-state index in [0.29, 0.717) is 25.7 Å². The molecule has 0 N–H and O–H groups in total. The number of aromatic nitrogens is 1. The van der Waals surface area contributed by atoms with Gasteiger partial charge in [-0.3, -0.25) is 4.79 Å². The largest absolute Gasteiger partial charge is 0.446 e. The van der Waals surface area contributed by atoms with Gasteiger partial charge in [-0.15, -0.1) is 0 Å². The van der Waals surface area contributed by atoms with Crippen molar-refractivity contribution in [2.45, 2.75) is 123 Å². The Morgan fingerprint density at radius 2 is 1.58 bits per heavy atom. The van der Waals surface area contributed by atoms with Gasteiger partial charge in [0.05, 0.1) is 31.2 Å². The second-order valence-corrected chi connectivity index (χ2v) is 11.5. The number of carbonyl (C=O) groups excluding carboxylic acids is 2. The van der Waals surface area contributed by atoms with Crippen LogP contribution in [0, 0.1) is 5.92 Å². The summed E-state index contributed by atoms with van der Waals surface area (Å²) in [6.07, 6.45) is 21.1. The predicted octanol–water partition coefficient (Wildman–Crippen LogP) is 6.92. The average molecular weight is 554 g/mol. The van der Waals surface area contributed by atoms with Crippen LogP contribution >= 0.6 is 11.3 Å². The fraction of sp³-hybridized carbons (Fsp3) is 0.833. The van der Waals surface area contributed by atoms with Gasteiger partial charge in [0.15, 0.2) is 12.7 Å². The summed E-state index contributed by atoms with van der Waals surface area (Å²) in [5.41, 5.74) is 1.94. The summed E-state index contributed by atoms with van der Waals surface area (Å²) in [5.74, 6) is 0.0252. The molecule has 218 valence electrons. The Labute approximate surface area is 235 Å². The molecule has 0 aromatic carbocycles. The third-order valence-electron chi connectivity index (χ3n) is 7.26. The number of hydrogen-bond acceptors (Lipinski definition) is 6. The molecule has 7 nitrogen and oxygen atoms in total. The number of hydrogen-bond donors (Lipinski definition) is 0. The van der Waals surface area contributed by atoms with Gasteiger partial charge in [0, 0.05) is 19.4 Å². The summed E-state index contributed by atoms with van der Waals surface area (Å²) in [5, 5.41) is 1.95. The SMILES string of the molecule is CCCCCCCCCCCCCCCCOC[C@H]1CO[C@H](COC(=O)N(CC[n+]2ccsc2)C(C)=O)C1.